The summed E-state index contributed by atoms with van der Waals surface area (Å²) >= 11 is 0. The normalized spacial score (nSPS) is 26.0. The van der Waals surface area contributed by atoms with E-state index in [0.717, 1.165) is 28.5 Å². The third kappa shape index (κ3) is 2.55. The van der Waals surface area contributed by atoms with E-state index in [1.807, 2.05) is 59.5 Å². The smallest absolute Gasteiger partial charge is 0.325 e. The second kappa shape index (κ2) is 6.66. The van der Waals surface area contributed by atoms with Crippen LogP contribution in [-0.2, 0) is 15.1 Å². The summed E-state index contributed by atoms with van der Waals surface area (Å²) < 4.78 is 0. The van der Waals surface area contributed by atoms with Gasteiger partial charge in [0.15, 0.2) is 0 Å². The van der Waals surface area contributed by atoms with Crippen molar-refractivity contribution in [3.05, 3.63) is 83.4 Å². The van der Waals surface area contributed by atoms with Crippen LogP contribution in [-0.4, -0.2) is 34.2 Å². The van der Waals surface area contributed by atoms with Crippen LogP contribution in [0.5, 0.6) is 0 Å². The highest BCUT2D eigenvalue weighted by atomic mass is 16.2. The van der Waals surface area contributed by atoms with Gasteiger partial charge < -0.3 is 10.2 Å². The summed E-state index contributed by atoms with van der Waals surface area (Å²) in [5, 5.41) is 4.89. The number of benzene rings is 3. The van der Waals surface area contributed by atoms with Crippen LogP contribution < -0.4 is 5.32 Å². The highest BCUT2D eigenvalue weighted by molar-refractivity contribution is 6.09. The number of hydrogen-bond acceptors (Lipinski definition) is 3. The molecular formula is C26H23N3O3. The zero-order valence-electron chi connectivity index (χ0n) is 17.7. The molecule has 160 valence electrons. The summed E-state index contributed by atoms with van der Waals surface area (Å²) in [6.45, 7) is 1.46. The average Bonchev–Trinajstić information content (AvgIpc) is 3.45. The molecule has 3 aliphatic rings. The maximum absolute atomic E-state index is 13.4. The monoisotopic (exact) mass is 425 g/mol. The number of carbonyl (C=O) groups excluding carboxylic acids is 3. The van der Waals surface area contributed by atoms with Gasteiger partial charge in [0, 0.05) is 0 Å². The van der Waals surface area contributed by atoms with Crippen LogP contribution >= 0.6 is 0 Å². The molecule has 3 aromatic rings. The standard InChI is InChI=1S/C26H23N3O3/c1-26(18-11-10-16-6-2-3-7-17(16)14-18)24(31)28(25(32)27-26)15-23(30)29-21-12-13-22(29)20-9-5-4-8-19(20)21/h2-11,14,21-22H,12-13,15H2,1H3,(H,27,32). The van der Waals surface area contributed by atoms with Gasteiger partial charge in [-0.25, -0.2) is 4.79 Å². The molecule has 0 spiro atoms. The van der Waals surface area contributed by atoms with Gasteiger partial charge in [0.25, 0.3) is 5.91 Å². The molecule has 4 amide bonds. The van der Waals surface area contributed by atoms with Crippen molar-refractivity contribution >= 4 is 28.6 Å². The molecule has 0 radical (unpaired) electrons. The van der Waals surface area contributed by atoms with Gasteiger partial charge in [-0.1, -0.05) is 60.7 Å². The first kappa shape index (κ1) is 19.0. The molecule has 3 atom stereocenters. The Balaban J connectivity index is 1.26. The number of amides is 4. The Morgan fingerprint density at radius 1 is 0.938 bits per heavy atom. The number of carbonyl (C=O) groups is 3. The Morgan fingerprint density at radius 2 is 1.56 bits per heavy atom. The second-order valence-electron chi connectivity index (χ2n) is 9.05. The van der Waals surface area contributed by atoms with E-state index in [1.165, 1.54) is 11.1 Å². The number of rotatable bonds is 3. The molecule has 3 aliphatic heterocycles. The van der Waals surface area contributed by atoms with Crippen molar-refractivity contribution in [2.45, 2.75) is 37.4 Å². The largest absolute Gasteiger partial charge is 0.327 e. The van der Waals surface area contributed by atoms with Crippen LogP contribution in [0, 0.1) is 0 Å². The van der Waals surface area contributed by atoms with E-state index in [0.29, 0.717) is 5.56 Å². The van der Waals surface area contributed by atoms with Crippen molar-refractivity contribution in [2.75, 3.05) is 6.54 Å². The van der Waals surface area contributed by atoms with Gasteiger partial charge in [0.1, 0.15) is 12.1 Å². The second-order valence-corrected chi connectivity index (χ2v) is 9.05. The number of imide groups is 1. The lowest BCUT2D eigenvalue weighted by Gasteiger charge is -2.26. The maximum Gasteiger partial charge on any atom is 0.325 e. The molecule has 0 saturated carbocycles. The highest BCUT2D eigenvalue weighted by Crippen LogP contribution is 2.52. The number of nitrogens with zero attached hydrogens (tertiary/aromatic N) is 2. The number of urea groups is 1. The van der Waals surface area contributed by atoms with Gasteiger partial charge in [-0.2, -0.15) is 0 Å². The first-order chi connectivity index (χ1) is 15.5. The third-order valence-electron chi connectivity index (χ3n) is 7.28. The van der Waals surface area contributed by atoms with E-state index >= 15 is 0 Å². The topological polar surface area (TPSA) is 69.7 Å². The fraction of sp³-hybridized carbons (Fsp3) is 0.269. The Labute approximate surface area is 185 Å². The summed E-state index contributed by atoms with van der Waals surface area (Å²) in [5.41, 5.74) is 1.89. The number of nitrogens with one attached hydrogen (secondary N) is 1. The quantitative estimate of drug-likeness (QED) is 0.645. The molecular weight excluding hydrogens is 402 g/mol. The predicted octanol–water partition coefficient (Wildman–Crippen LogP) is 4.03. The zero-order valence-corrected chi connectivity index (χ0v) is 17.7. The fourth-order valence-corrected chi connectivity index (χ4v) is 5.64. The Hall–Kier alpha value is -3.67. The minimum Gasteiger partial charge on any atom is -0.327 e. The summed E-state index contributed by atoms with van der Waals surface area (Å²) in [6.07, 6.45) is 1.84. The van der Waals surface area contributed by atoms with Crippen molar-refractivity contribution in [1.82, 2.24) is 15.1 Å². The highest BCUT2D eigenvalue weighted by Gasteiger charge is 2.52. The van der Waals surface area contributed by atoms with Crippen LogP contribution in [0.15, 0.2) is 66.7 Å². The lowest BCUT2D eigenvalue weighted by Crippen LogP contribution is -2.43. The van der Waals surface area contributed by atoms with E-state index in [2.05, 4.69) is 17.4 Å². The molecule has 6 nitrogen and oxygen atoms in total. The van der Waals surface area contributed by atoms with Crippen LogP contribution in [0.2, 0.25) is 0 Å². The van der Waals surface area contributed by atoms with Crippen molar-refractivity contribution in [2.24, 2.45) is 0 Å². The minimum absolute atomic E-state index is 0.0383. The average molecular weight is 425 g/mol. The molecule has 3 aromatic carbocycles. The Morgan fingerprint density at radius 3 is 2.25 bits per heavy atom. The third-order valence-corrected chi connectivity index (χ3v) is 7.28. The van der Waals surface area contributed by atoms with Gasteiger partial charge in [-0.3, -0.25) is 14.5 Å². The molecule has 1 N–H and O–H groups in total. The van der Waals surface area contributed by atoms with Gasteiger partial charge in [0.2, 0.25) is 5.91 Å². The van der Waals surface area contributed by atoms with Crippen molar-refractivity contribution in [3.8, 4) is 0 Å². The van der Waals surface area contributed by atoms with Crippen molar-refractivity contribution < 1.29 is 14.4 Å². The lowest BCUT2D eigenvalue weighted by atomic mass is 9.90. The molecule has 0 aromatic heterocycles. The molecule has 2 bridgehead atoms. The Bertz CT molecular complexity index is 1270. The van der Waals surface area contributed by atoms with Crippen LogP contribution in [0.25, 0.3) is 10.8 Å². The predicted molar refractivity (Wildman–Crippen MR) is 120 cm³/mol. The van der Waals surface area contributed by atoms with E-state index in [1.54, 1.807) is 6.92 Å². The van der Waals surface area contributed by atoms with Crippen LogP contribution in [0.1, 0.15) is 48.5 Å². The van der Waals surface area contributed by atoms with Gasteiger partial charge in [-0.15, -0.1) is 0 Å². The van der Waals surface area contributed by atoms with E-state index in [4.69, 9.17) is 0 Å². The van der Waals surface area contributed by atoms with Crippen molar-refractivity contribution in [1.29, 1.82) is 0 Å². The van der Waals surface area contributed by atoms with Crippen molar-refractivity contribution in [3.63, 3.8) is 0 Å². The SMILES string of the molecule is CC1(c2ccc3ccccc3c2)NC(=O)N(CC(=O)N2C3CCC2c2ccccc23)C1=O. The van der Waals surface area contributed by atoms with Gasteiger partial charge >= 0.3 is 6.03 Å². The summed E-state index contributed by atoms with van der Waals surface area (Å²) in [7, 11) is 0. The summed E-state index contributed by atoms with van der Waals surface area (Å²) in [6, 6.07) is 21.3. The lowest BCUT2D eigenvalue weighted by molar-refractivity contribution is -0.140. The number of hydrogen-bond donors (Lipinski definition) is 1. The molecule has 6 rings (SSSR count). The van der Waals surface area contributed by atoms with Crippen LogP contribution in [0.3, 0.4) is 0 Å². The minimum atomic E-state index is -1.20. The summed E-state index contributed by atoms with van der Waals surface area (Å²) in [4.78, 5) is 42.4. The van der Waals surface area contributed by atoms with E-state index in [-0.39, 0.29) is 24.5 Å². The molecule has 3 unspecified atom stereocenters. The van der Waals surface area contributed by atoms with E-state index < -0.39 is 17.5 Å². The molecule has 2 fully saturated rings. The summed E-state index contributed by atoms with van der Waals surface area (Å²) in [5.74, 6) is -0.574. The fourth-order valence-electron chi connectivity index (χ4n) is 5.64. The first-order valence-electron chi connectivity index (χ1n) is 11.0. The number of fused-ring (bicyclic) bond motifs is 6. The van der Waals surface area contributed by atoms with E-state index in [9.17, 15) is 14.4 Å². The van der Waals surface area contributed by atoms with Gasteiger partial charge in [-0.05, 0) is 53.3 Å². The molecule has 32 heavy (non-hydrogen) atoms. The molecule has 6 heteroatoms. The molecule has 2 saturated heterocycles. The maximum atomic E-state index is 13.4. The molecule has 3 heterocycles. The first-order valence-corrected chi connectivity index (χ1v) is 11.0. The Kier molecular flexibility index (Phi) is 3.97. The van der Waals surface area contributed by atoms with Gasteiger partial charge in [0.05, 0.1) is 12.1 Å². The zero-order chi connectivity index (χ0) is 22.0. The van der Waals surface area contributed by atoms with Crippen LogP contribution in [0.4, 0.5) is 4.79 Å². The molecule has 0 aliphatic carbocycles.